The van der Waals surface area contributed by atoms with Gasteiger partial charge in [0.25, 0.3) is 0 Å². The second-order valence-corrected chi connectivity index (χ2v) is 8.88. The number of nitrogens with one attached hydrogen (secondary N) is 2. The lowest BCUT2D eigenvalue weighted by molar-refractivity contribution is -0.858. The first-order chi connectivity index (χ1) is 14.5. The number of carbonyl (C=O) groups excluding carboxylic acids is 1. The highest BCUT2D eigenvalue weighted by molar-refractivity contribution is 8.00. The molecule has 2 N–H and O–H groups in total. The van der Waals surface area contributed by atoms with Crippen molar-refractivity contribution in [2.24, 2.45) is 0 Å². The van der Waals surface area contributed by atoms with Gasteiger partial charge >= 0.3 is 0 Å². The Bertz CT molecular complexity index is 973. The highest BCUT2D eigenvalue weighted by Gasteiger charge is 2.21. The molecule has 1 atom stereocenters. The fraction of sp³-hybridized carbons (Fsp3) is 0.364. The zero-order chi connectivity index (χ0) is 21.5. The molecule has 0 unspecified atom stereocenters. The number of rotatable bonds is 9. The molecule has 0 saturated heterocycles. The third kappa shape index (κ3) is 5.67. The Hall–Kier alpha value is -2.71. The molecule has 7 nitrogen and oxygen atoms in total. The van der Waals surface area contributed by atoms with Crippen molar-refractivity contribution < 1.29 is 9.69 Å². The van der Waals surface area contributed by atoms with Crippen LogP contribution in [0.3, 0.4) is 0 Å². The minimum absolute atomic E-state index is 0.0490. The van der Waals surface area contributed by atoms with E-state index in [0.717, 1.165) is 47.3 Å². The summed E-state index contributed by atoms with van der Waals surface area (Å²) in [6, 6.07) is 11.6. The maximum atomic E-state index is 12.8. The molecule has 3 rings (SSSR count). The standard InChI is InChI=1S/C22H28N6OS/c1-16-8-5-6-9-19(16)24-21(29)17(2)30-22-26-25-20(18-10-12-23-13-11-18)28(22)15-7-14-27(3)4/h5-6,8-13,17H,7,14-15H2,1-4H3,(H,24,29)/p+1/t17-/m1/s1. The van der Waals surface area contributed by atoms with Crippen LogP contribution in [0, 0.1) is 6.92 Å². The van der Waals surface area contributed by atoms with Crippen molar-refractivity contribution in [1.29, 1.82) is 0 Å². The number of aromatic nitrogens is 4. The number of benzene rings is 1. The second-order valence-electron chi connectivity index (χ2n) is 7.57. The Kier molecular flexibility index (Phi) is 7.59. The van der Waals surface area contributed by atoms with Gasteiger partial charge in [-0.25, -0.2) is 0 Å². The number of hydrogen-bond donors (Lipinski definition) is 2. The molecule has 0 fully saturated rings. The number of para-hydroxylation sites is 1. The maximum absolute atomic E-state index is 12.8. The van der Waals surface area contributed by atoms with E-state index in [1.165, 1.54) is 16.7 Å². The zero-order valence-corrected chi connectivity index (χ0v) is 18.7. The third-order valence-electron chi connectivity index (χ3n) is 4.77. The van der Waals surface area contributed by atoms with Gasteiger partial charge in [-0.3, -0.25) is 9.78 Å². The Morgan fingerprint density at radius 2 is 1.90 bits per heavy atom. The van der Waals surface area contributed by atoms with Crippen LogP contribution in [0.4, 0.5) is 5.69 Å². The predicted molar refractivity (Wildman–Crippen MR) is 121 cm³/mol. The molecule has 0 radical (unpaired) electrons. The average Bonchev–Trinajstić information content (AvgIpc) is 3.12. The van der Waals surface area contributed by atoms with Crippen molar-refractivity contribution in [3.8, 4) is 11.4 Å². The van der Waals surface area contributed by atoms with Gasteiger partial charge in [0.15, 0.2) is 11.0 Å². The molecule has 0 spiro atoms. The summed E-state index contributed by atoms with van der Waals surface area (Å²) < 4.78 is 2.11. The molecule has 0 saturated carbocycles. The lowest BCUT2D eigenvalue weighted by Gasteiger charge is -2.15. The Balaban J connectivity index is 1.77. The van der Waals surface area contributed by atoms with Crippen LogP contribution in [0.2, 0.25) is 0 Å². The van der Waals surface area contributed by atoms with Crippen LogP contribution >= 0.6 is 11.8 Å². The van der Waals surface area contributed by atoms with Crippen molar-refractivity contribution in [3.05, 3.63) is 54.4 Å². The van der Waals surface area contributed by atoms with Gasteiger partial charge in [0.1, 0.15) is 0 Å². The Morgan fingerprint density at radius 3 is 2.60 bits per heavy atom. The molecular formula is C22H29N6OS+. The minimum Gasteiger partial charge on any atom is -0.340 e. The summed E-state index contributed by atoms with van der Waals surface area (Å²) in [5.41, 5.74) is 2.85. The van der Waals surface area contributed by atoms with Gasteiger partial charge < -0.3 is 14.8 Å². The number of aryl methyl sites for hydroxylation is 1. The number of carbonyl (C=O) groups is 1. The Morgan fingerprint density at radius 1 is 1.17 bits per heavy atom. The van der Waals surface area contributed by atoms with Crippen molar-refractivity contribution in [1.82, 2.24) is 19.7 Å². The molecule has 2 heterocycles. The lowest BCUT2D eigenvalue weighted by atomic mass is 10.2. The van der Waals surface area contributed by atoms with Crippen LogP contribution < -0.4 is 10.2 Å². The molecule has 1 aromatic carbocycles. The number of quaternary nitrogens is 1. The summed E-state index contributed by atoms with van der Waals surface area (Å²) in [4.78, 5) is 18.2. The highest BCUT2D eigenvalue weighted by atomic mass is 32.2. The van der Waals surface area contributed by atoms with Gasteiger partial charge in [-0.05, 0) is 37.6 Å². The fourth-order valence-electron chi connectivity index (χ4n) is 3.04. The minimum atomic E-state index is -0.308. The second kappa shape index (κ2) is 10.4. The van der Waals surface area contributed by atoms with E-state index >= 15 is 0 Å². The first-order valence-corrected chi connectivity index (χ1v) is 11.0. The molecule has 2 aromatic heterocycles. The van der Waals surface area contributed by atoms with Crippen LogP contribution in [-0.4, -0.2) is 51.5 Å². The van der Waals surface area contributed by atoms with Crippen molar-refractivity contribution >= 4 is 23.4 Å². The lowest BCUT2D eigenvalue weighted by Crippen LogP contribution is -3.05. The highest BCUT2D eigenvalue weighted by Crippen LogP contribution is 2.27. The van der Waals surface area contributed by atoms with E-state index < -0.39 is 0 Å². The summed E-state index contributed by atoms with van der Waals surface area (Å²) in [6.07, 6.45) is 4.50. The molecule has 8 heteroatoms. The van der Waals surface area contributed by atoms with Crippen molar-refractivity contribution in [2.45, 2.75) is 37.2 Å². The molecule has 0 bridgehead atoms. The molecule has 30 heavy (non-hydrogen) atoms. The third-order valence-corrected chi connectivity index (χ3v) is 5.85. The number of thioether (sulfide) groups is 1. The number of pyridine rings is 1. The van der Waals surface area contributed by atoms with Crippen LogP contribution in [0.25, 0.3) is 11.4 Å². The first kappa shape index (κ1) is 22.0. The summed E-state index contributed by atoms with van der Waals surface area (Å²) in [6.45, 7) is 5.72. The number of nitrogens with zero attached hydrogens (tertiary/aromatic N) is 4. The van der Waals surface area contributed by atoms with E-state index in [-0.39, 0.29) is 11.2 Å². The normalized spacial score (nSPS) is 12.2. The molecule has 0 aliphatic rings. The van der Waals surface area contributed by atoms with Crippen LogP contribution in [-0.2, 0) is 11.3 Å². The molecular weight excluding hydrogens is 396 g/mol. The smallest absolute Gasteiger partial charge is 0.237 e. The average molecular weight is 426 g/mol. The van der Waals surface area contributed by atoms with E-state index in [1.807, 2.05) is 50.2 Å². The van der Waals surface area contributed by atoms with E-state index in [4.69, 9.17) is 0 Å². The number of anilines is 1. The molecule has 0 aliphatic carbocycles. The van der Waals surface area contributed by atoms with Gasteiger partial charge in [0.2, 0.25) is 5.91 Å². The topological polar surface area (TPSA) is 77.1 Å². The van der Waals surface area contributed by atoms with Crippen LogP contribution in [0.5, 0.6) is 0 Å². The quantitative estimate of drug-likeness (QED) is 0.515. The Labute approximate surface area is 181 Å². The van der Waals surface area contributed by atoms with Gasteiger partial charge in [-0.1, -0.05) is 30.0 Å². The van der Waals surface area contributed by atoms with Crippen LogP contribution in [0.15, 0.2) is 53.9 Å². The van der Waals surface area contributed by atoms with Gasteiger partial charge in [-0.2, -0.15) is 0 Å². The SMILES string of the molecule is Cc1ccccc1NC(=O)[C@@H](C)Sc1nnc(-c2ccncc2)n1CCC[NH+](C)C. The van der Waals surface area contributed by atoms with E-state index in [2.05, 4.69) is 39.2 Å². The van der Waals surface area contributed by atoms with E-state index in [1.54, 1.807) is 12.4 Å². The van der Waals surface area contributed by atoms with Crippen molar-refractivity contribution in [2.75, 3.05) is 26.0 Å². The molecule has 3 aromatic rings. The summed E-state index contributed by atoms with van der Waals surface area (Å²) >= 11 is 1.43. The first-order valence-electron chi connectivity index (χ1n) is 10.1. The zero-order valence-electron chi connectivity index (χ0n) is 17.9. The number of hydrogen-bond acceptors (Lipinski definition) is 5. The predicted octanol–water partition coefficient (Wildman–Crippen LogP) is 2.30. The monoisotopic (exact) mass is 425 g/mol. The van der Waals surface area contributed by atoms with Gasteiger partial charge in [0.05, 0.1) is 25.9 Å². The van der Waals surface area contributed by atoms with Crippen LogP contribution in [0.1, 0.15) is 18.9 Å². The molecule has 0 aliphatic heterocycles. The van der Waals surface area contributed by atoms with Gasteiger partial charge in [0, 0.05) is 36.6 Å². The largest absolute Gasteiger partial charge is 0.340 e. The fourth-order valence-corrected chi connectivity index (χ4v) is 3.92. The molecule has 158 valence electrons. The van der Waals surface area contributed by atoms with Gasteiger partial charge in [-0.15, -0.1) is 10.2 Å². The molecule has 1 amide bonds. The summed E-state index contributed by atoms with van der Waals surface area (Å²) in [7, 11) is 4.28. The summed E-state index contributed by atoms with van der Waals surface area (Å²) in [5.74, 6) is 0.757. The van der Waals surface area contributed by atoms with E-state index in [9.17, 15) is 4.79 Å². The van der Waals surface area contributed by atoms with Crippen molar-refractivity contribution in [3.63, 3.8) is 0 Å². The maximum Gasteiger partial charge on any atom is 0.237 e. The number of amides is 1. The van der Waals surface area contributed by atoms with E-state index in [0.29, 0.717) is 0 Å². The summed E-state index contributed by atoms with van der Waals surface area (Å²) in [5, 5.41) is 12.3.